The van der Waals surface area contributed by atoms with Crippen molar-refractivity contribution in [3.05, 3.63) is 29.8 Å². The first kappa shape index (κ1) is 16.0. The molecular weight excluding hydrogens is 234 g/mol. The van der Waals surface area contributed by atoms with Crippen molar-refractivity contribution in [2.24, 2.45) is 5.92 Å². The highest BCUT2D eigenvalue weighted by Crippen LogP contribution is 2.31. The molecule has 1 aromatic rings. The summed E-state index contributed by atoms with van der Waals surface area (Å²) in [5.41, 5.74) is 1.32. The zero-order chi connectivity index (χ0) is 14.3. The predicted octanol–water partition coefficient (Wildman–Crippen LogP) is 4.21. The fraction of sp³-hybridized carbons (Fsp3) is 0.647. The Kier molecular flexibility index (Phi) is 6.93. The van der Waals surface area contributed by atoms with Crippen LogP contribution in [0.25, 0.3) is 0 Å². The number of hydrogen-bond donors (Lipinski definition) is 1. The molecule has 1 aromatic carbocycles. The predicted molar refractivity (Wildman–Crippen MR) is 82.9 cm³/mol. The molecule has 0 spiro atoms. The molecule has 0 fully saturated rings. The van der Waals surface area contributed by atoms with Gasteiger partial charge in [-0.1, -0.05) is 39.0 Å². The van der Waals surface area contributed by atoms with Crippen molar-refractivity contribution >= 4 is 0 Å². The minimum Gasteiger partial charge on any atom is -0.491 e. The van der Waals surface area contributed by atoms with Gasteiger partial charge >= 0.3 is 0 Å². The van der Waals surface area contributed by atoms with Crippen molar-refractivity contribution in [3.8, 4) is 5.75 Å². The summed E-state index contributed by atoms with van der Waals surface area (Å²) in [5.74, 6) is 2.13. The normalized spacial score (nSPS) is 14.4. The molecule has 0 bridgehead atoms. The summed E-state index contributed by atoms with van der Waals surface area (Å²) in [6, 6.07) is 8.43. The monoisotopic (exact) mass is 263 g/mol. The standard InChI is InChI=1S/C17H29NO/c1-6-11-18-12-14(4)15(5)16-9-7-8-10-17(16)19-13(2)3/h7-10,13-15,18H,6,11-12H2,1-5H3. The second-order valence-corrected chi connectivity index (χ2v) is 5.67. The quantitative estimate of drug-likeness (QED) is 0.709. The number of ether oxygens (including phenoxy) is 1. The van der Waals surface area contributed by atoms with Gasteiger partial charge < -0.3 is 10.1 Å². The van der Waals surface area contributed by atoms with E-state index in [2.05, 4.69) is 58.1 Å². The molecule has 2 atom stereocenters. The van der Waals surface area contributed by atoms with Gasteiger partial charge in [0, 0.05) is 0 Å². The molecular formula is C17H29NO. The Morgan fingerprint density at radius 1 is 1.11 bits per heavy atom. The van der Waals surface area contributed by atoms with Crippen LogP contribution in [0.15, 0.2) is 24.3 Å². The number of para-hydroxylation sites is 1. The Morgan fingerprint density at radius 2 is 1.79 bits per heavy atom. The van der Waals surface area contributed by atoms with Crippen LogP contribution in [0.4, 0.5) is 0 Å². The summed E-state index contributed by atoms with van der Waals surface area (Å²) in [4.78, 5) is 0. The molecule has 0 saturated heterocycles. The lowest BCUT2D eigenvalue weighted by molar-refractivity contribution is 0.237. The molecule has 1 N–H and O–H groups in total. The first-order valence-electron chi connectivity index (χ1n) is 7.52. The molecule has 0 amide bonds. The Balaban J connectivity index is 2.71. The highest BCUT2D eigenvalue weighted by Gasteiger charge is 2.18. The van der Waals surface area contributed by atoms with Crippen molar-refractivity contribution in [2.45, 2.75) is 53.1 Å². The first-order chi connectivity index (χ1) is 9.06. The van der Waals surface area contributed by atoms with E-state index in [1.54, 1.807) is 0 Å². The van der Waals surface area contributed by atoms with Gasteiger partial charge in [0.2, 0.25) is 0 Å². The molecule has 0 saturated carbocycles. The summed E-state index contributed by atoms with van der Waals surface area (Å²) in [7, 11) is 0. The van der Waals surface area contributed by atoms with Crippen LogP contribution in [0.1, 0.15) is 52.5 Å². The third kappa shape index (κ3) is 5.23. The zero-order valence-electron chi connectivity index (χ0n) is 13.1. The van der Waals surface area contributed by atoms with Gasteiger partial charge in [-0.15, -0.1) is 0 Å². The van der Waals surface area contributed by atoms with E-state index in [0.717, 1.165) is 18.8 Å². The fourth-order valence-corrected chi connectivity index (χ4v) is 2.21. The third-order valence-electron chi connectivity index (χ3n) is 3.52. The third-order valence-corrected chi connectivity index (χ3v) is 3.52. The van der Waals surface area contributed by atoms with Crippen molar-refractivity contribution in [2.75, 3.05) is 13.1 Å². The highest BCUT2D eigenvalue weighted by molar-refractivity contribution is 5.36. The van der Waals surface area contributed by atoms with E-state index in [1.165, 1.54) is 12.0 Å². The van der Waals surface area contributed by atoms with Crippen LogP contribution in [0, 0.1) is 5.92 Å². The average molecular weight is 263 g/mol. The van der Waals surface area contributed by atoms with Crippen LogP contribution >= 0.6 is 0 Å². The molecule has 0 aliphatic heterocycles. The van der Waals surface area contributed by atoms with Gasteiger partial charge in [0.15, 0.2) is 0 Å². The van der Waals surface area contributed by atoms with Crippen LogP contribution in [-0.2, 0) is 0 Å². The van der Waals surface area contributed by atoms with Crippen LogP contribution in [0.2, 0.25) is 0 Å². The van der Waals surface area contributed by atoms with E-state index in [1.807, 2.05) is 6.07 Å². The molecule has 0 heterocycles. The van der Waals surface area contributed by atoms with Gasteiger partial charge in [-0.05, 0) is 56.8 Å². The Bertz CT molecular complexity index is 362. The first-order valence-corrected chi connectivity index (χ1v) is 7.52. The van der Waals surface area contributed by atoms with Crippen LogP contribution in [-0.4, -0.2) is 19.2 Å². The molecule has 2 nitrogen and oxygen atoms in total. The topological polar surface area (TPSA) is 21.3 Å². The molecule has 0 radical (unpaired) electrons. The number of hydrogen-bond acceptors (Lipinski definition) is 2. The molecule has 19 heavy (non-hydrogen) atoms. The second kappa shape index (κ2) is 8.21. The molecule has 0 aliphatic carbocycles. The van der Waals surface area contributed by atoms with Crippen molar-refractivity contribution in [1.82, 2.24) is 5.32 Å². The van der Waals surface area contributed by atoms with Gasteiger partial charge in [-0.25, -0.2) is 0 Å². The largest absolute Gasteiger partial charge is 0.491 e. The van der Waals surface area contributed by atoms with E-state index in [4.69, 9.17) is 4.74 Å². The molecule has 2 heteroatoms. The molecule has 1 rings (SSSR count). The maximum absolute atomic E-state index is 5.92. The smallest absolute Gasteiger partial charge is 0.123 e. The molecule has 108 valence electrons. The minimum absolute atomic E-state index is 0.224. The average Bonchev–Trinajstić information content (AvgIpc) is 2.38. The number of nitrogens with one attached hydrogen (secondary N) is 1. The summed E-state index contributed by atoms with van der Waals surface area (Å²) < 4.78 is 5.92. The van der Waals surface area contributed by atoms with Crippen molar-refractivity contribution in [1.29, 1.82) is 0 Å². The Labute approximate surface area is 118 Å². The Morgan fingerprint density at radius 3 is 2.42 bits per heavy atom. The molecule has 0 aliphatic rings. The minimum atomic E-state index is 0.224. The van der Waals surface area contributed by atoms with E-state index in [-0.39, 0.29) is 6.10 Å². The lowest BCUT2D eigenvalue weighted by atomic mass is 9.88. The highest BCUT2D eigenvalue weighted by atomic mass is 16.5. The summed E-state index contributed by atoms with van der Waals surface area (Å²) in [5, 5.41) is 3.50. The van der Waals surface area contributed by atoms with Gasteiger partial charge in [0.05, 0.1) is 6.10 Å². The Hall–Kier alpha value is -1.02. The SMILES string of the molecule is CCCNCC(C)C(C)c1ccccc1OC(C)C. The maximum Gasteiger partial charge on any atom is 0.123 e. The maximum atomic E-state index is 5.92. The second-order valence-electron chi connectivity index (χ2n) is 5.67. The zero-order valence-corrected chi connectivity index (χ0v) is 13.1. The van der Waals surface area contributed by atoms with Crippen LogP contribution < -0.4 is 10.1 Å². The molecule has 0 aromatic heterocycles. The van der Waals surface area contributed by atoms with Crippen molar-refractivity contribution < 1.29 is 4.74 Å². The fourth-order valence-electron chi connectivity index (χ4n) is 2.21. The lowest BCUT2D eigenvalue weighted by Gasteiger charge is -2.24. The lowest BCUT2D eigenvalue weighted by Crippen LogP contribution is -2.25. The summed E-state index contributed by atoms with van der Waals surface area (Å²) >= 11 is 0. The van der Waals surface area contributed by atoms with E-state index < -0.39 is 0 Å². The van der Waals surface area contributed by atoms with E-state index >= 15 is 0 Å². The van der Waals surface area contributed by atoms with Gasteiger partial charge in [-0.3, -0.25) is 0 Å². The van der Waals surface area contributed by atoms with Gasteiger partial charge in [0.1, 0.15) is 5.75 Å². The van der Waals surface area contributed by atoms with Crippen molar-refractivity contribution in [3.63, 3.8) is 0 Å². The molecule has 2 unspecified atom stereocenters. The van der Waals surface area contributed by atoms with E-state index in [0.29, 0.717) is 11.8 Å². The van der Waals surface area contributed by atoms with Gasteiger partial charge in [-0.2, -0.15) is 0 Å². The number of rotatable bonds is 8. The van der Waals surface area contributed by atoms with Gasteiger partial charge in [0.25, 0.3) is 0 Å². The number of benzene rings is 1. The summed E-state index contributed by atoms with van der Waals surface area (Å²) in [6.45, 7) is 13.1. The van der Waals surface area contributed by atoms with Crippen LogP contribution in [0.5, 0.6) is 5.75 Å². The summed E-state index contributed by atoms with van der Waals surface area (Å²) in [6.07, 6.45) is 1.41. The van der Waals surface area contributed by atoms with E-state index in [9.17, 15) is 0 Å². The van der Waals surface area contributed by atoms with Crippen LogP contribution in [0.3, 0.4) is 0 Å².